The Morgan fingerprint density at radius 3 is 2.84 bits per heavy atom. The minimum Gasteiger partial charge on any atom is -0.474 e. The van der Waals surface area contributed by atoms with Gasteiger partial charge in [0.1, 0.15) is 11.9 Å². The van der Waals surface area contributed by atoms with Crippen LogP contribution in [-0.2, 0) is 0 Å². The Morgan fingerprint density at radius 2 is 2.08 bits per heavy atom. The highest BCUT2D eigenvalue weighted by atomic mass is 16.5. The third-order valence-electron chi connectivity index (χ3n) is 4.52. The Labute approximate surface area is 146 Å². The van der Waals surface area contributed by atoms with Gasteiger partial charge in [-0.25, -0.2) is 4.98 Å². The molecule has 6 nitrogen and oxygen atoms in total. The molecule has 3 aromatic heterocycles. The van der Waals surface area contributed by atoms with Gasteiger partial charge in [0.15, 0.2) is 0 Å². The Hall–Kier alpha value is -2.89. The number of nitrogens with zero attached hydrogens (tertiary/aromatic N) is 4. The molecule has 0 aromatic carbocycles. The van der Waals surface area contributed by atoms with Gasteiger partial charge in [-0.2, -0.15) is 4.98 Å². The molecule has 1 fully saturated rings. The monoisotopic (exact) mass is 336 g/mol. The molecule has 0 aliphatic carbocycles. The Morgan fingerprint density at radius 1 is 1.24 bits per heavy atom. The number of rotatable bonds is 3. The summed E-state index contributed by atoms with van der Waals surface area (Å²) in [6.07, 6.45) is 7.25. The van der Waals surface area contributed by atoms with E-state index in [2.05, 4.69) is 9.97 Å². The van der Waals surface area contributed by atoms with Gasteiger partial charge in [0, 0.05) is 56.1 Å². The number of pyridine rings is 1. The lowest BCUT2D eigenvalue weighted by atomic mass is 10.1. The van der Waals surface area contributed by atoms with Gasteiger partial charge in [0.2, 0.25) is 5.88 Å². The minimum absolute atomic E-state index is 0.0834. The summed E-state index contributed by atoms with van der Waals surface area (Å²) in [5.74, 6) is 1.39. The van der Waals surface area contributed by atoms with Gasteiger partial charge in [0.05, 0.1) is 5.56 Å². The maximum atomic E-state index is 12.7. The molecule has 0 spiro atoms. The molecule has 128 valence electrons. The summed E-state index contributed by atoms with van der Waals surface area (Å²) in [6.45, 7) is 3.23. The minimum atomic E-state index is 0.0834. The average Bonchev–Trinajstić information content (AvgIpc) is 3.06. The Balaban J connectivity index is 1.38. The zero-order chi connectivity index (χ0) is 17.2. The van der Waals surface area contributed by atoms with Gasteiger partial charge >= 0.3 is 0 Å². The van der Waals surface area contributed by atoms with E-state index in [0.717, 1.165) is 23.9 Å². The Kier molecular flexibility index (Phi) is 4.09. The van der Waals surface area contributed by atoms with Crippen molar-refractivity contribution in [1.82, 2.24) is 19.3 Å². The first kappa shape index (κ1) is 15.6. The smallest absolute Gasteiger partial charge is 0.255 e. The molecule has 0 unspecified atom stereocenters. The molecule has 4 rings (SSSR count). The Bertz CT molecular complexity index is 864. The topological polar surface area (TPSA) is 59.7 Å². The van der Waals surface area contributed by atoms with Gasteiger partial charge in [-0.15, -0.1) is 0 Å². The van der Waals surface area contributed by atoms with E-state index in [-0.39, 0.29) is 12.0 Å². The van der Waals surface area contributed by atoms with Gasteiger partial charge < -0.3 is 14.0 Å². The number of carbonyl (C=O) groups is 1. The number of carbonyl (C=O) groups excluding carboxylic acids is 1. The molecule has 1 aliphatic rings. The van der Waals surface area contributed by atoms with E-state index >= 15 is 0 Å². The lowest BCUT2D eigenvalue weighted by molar-refractivity contribution is 0.0587. The van der Waals surface area contributed by atoms with Crippen molar-refractivity contribution in [3.63, 3.8) is 0 Å². The fraction of sp³-hybridized carbons (Fsp3) is 0.316. The normalized spacial score (nSPS) is 15.5. The first-order valence-corrected chi connectivity index (χ1v) is 8.51. The summed E-state index contributed by atoms with van der Waals surface area (Å²) in [4.78, 5) is 23.0. The lowest BCUT2D eigenvalue weighted by Crippen LogP contribution is -2.41. The number of fused-ring (bicyclic) bond motifs is 1. The van der Waals surface area contributed by atoms with Crippen molar-refractivity contribution in [2.75, 3.05) is 13.1 Å². The molecule has 0 N–H and O–H groups in total. The molecule has 1 amide bonds. The van der Waals surface area contributed by atoms with E-state index in [1.54, 1.807) is 12.3 Å². The van der Waals surface area contributed by atoms with Crippen molar-refractivity contribution in [2.24, 2.45) is 0 Å². The number of aromatic nitrogens is 3. The molecule has 1 saturated heterocycles. The van der Waals surface area contributed by atoms with Crippen LogP contribution in [-0.4, -0.2) is 44.4 Å². The zero-order valence-electron chi connectivity index (χ0n) is 14.1. The highest BCUT2D eigenvalue weighted by Crippen LogP contribution is 2.20. The predicted molar refractivity (Wildman–Crippen MR) is 93.7 cm³/mol. The highest BCUT2D eigenvalue weighted by Gasteiger charge is 2.25. The van der Waals surface area contributed by atoms with Crippen molar-refractivity contribution in [1.29, 1.82) is 0 Å². The molecule has 0 saturated carbocycles. The van der Waals surface area contributed by atoms with Gasteiger partial charge in [0.25, 0.3) is 5.91 Å². The number of hydrogen-bond donors (Lipinski definition) is 0. The molecule has 3 aromatic rings. The van der Waals surface area contributed by atoms with E-state index in [1.165, 1.54) is 0 Å². The first-order chi connectivity index (χ1) is 12.2. The summed E-state index contributed by atoms with van der Waals surface area (Å²) >= 11 is 0. The van der Waals surface area contributed by atoms with Crippen molar-refractivity contribution >= 4 is 11.4 Å². The van der Waals surface area contributed by atoms with Crippen LogP contribution in [0, 0.1) is 6.92 Å². The molecular formula is C19H20N4O2. The molecule has 1 aliphatic heterocycles. The predicted octanol–water partition coefficient (Wildman–Crippen LogP) is 2.72. The number of amides is 1. The largest absolute Gasteiger partial charge is 0.474 e. The summed E-state index contributed by atoms with van der Waals surface area (Å²) in [7, 11) is 0. The van der Waals surface area contributed by atoms with Gasteiger partial charge in [-0.3, -0.25) is 4.79 Å². The molecule has 25 heavy (non-hydrogen) atoms. The van der Waals surface area contributed by atoms with Crippen molar-refractivity contribution < 1.29 is 9.53 Å². The fourth-order valence-corrected chi connectivity index (χ4v) is 3.20. The zero-order valence-corrected chi connectivity index (χ0v) is 14.1. The number of hydrogen-bond acceptors (Lipinski definition) is 4. The number of piperidine rings is 1. The summed E-state index contributed by atoms with van der Waals surface area (Å²) in [5.41, 5.74) is 1.76. The van der Waals surface area contributed by atoms with Gasteiger partial charge in [-0.05, 0) is 25.1 Å². The second-order valence-corrected chi connectivity index (χ2v) is 6.31. The number of likely N-dealkylation sites (tertiary alicyclic amines) is 1. The van der Waals surface area contributed by atoms with Crippen LogP contribution in [0.5, 0.6) is 5.88 Å². The first-order valence-electron chi connectivity index (χ1n) is 8.51. The van der Waals surface area contributed by atoms with Crippen LogP contribution in [0.25, 0.3) is 5.52 Å². The maximum absolute atomic E-state index is 12.7. The van der Waals surface area contributed by atoms with Crippen molar-refractivity contribution in [2.45, 2.75) is 25.9 Å². The number of aryl methyl sites for hydroxylation is 1. The van der Waals surface area contributed by atoms with E-state index in [1.807, 2.05) is 52.9 Å². The quantitative estimate of drug-likeness (QED) is 0.738. The van der Waals surface area contributed by atoms with Crippen LogP contribution in [0.3, 0.4) is 0 Å². The summed E-state index contributed by atoms with van der Waals surface area (Å²) in [6, 6.07) is 9.65. The molecule has 6 heteroatoms. The molecular weight excluding hydrogens is 316 g/mol. The van der Waals surface area contributed by atoms with Crippen LogP contribution in [0.2, 0.25) is 0 Å². The standard InChI is InChI=1S/C19H20N4O2/c1-14-20-8-5-18(21-14)25-17-6-10-22(11-7-17)19(24)15-12-16-4-2-3-9-23(16)13-15/h2-5,8-9,12-13,17H,6-7,10-11H2,1H3. The van der Waals surface area contributed by atoms with Crippen LogP contribution >= 0.6 is 0 Å². The molecule has 0 radical (unpaired) electrons. The van der Waals surface area contributed by atoms with Crippen LogP contribution in [0.15, 0.2) is 48.9 Å². The average molecular weight is 336 g/mol. The SMILES string of the molecule is Cc1nccc(OC2CCN(C(=O)c3cc4ccccn4c3)CC2)n1. The number of ether oxygens (including phenoxy) is 1. The van der Waals surface area contributed by atoms with E-state index in [9.17, 15) is 4.79 Å². The second kappa shape index (κ2) is 6.55. The summed E-state index contributed by atoms with van der Waals surface area (Å²) < 4.78 is 7.90. The van der Waals surface area contributed by atoms with Crippen LogP contribution < -0.4 is 4.74 Å². The molecule has 0 atom stereocenters. The molecule has 0 bridgehead atoms. The highest BCUT2D eigenvalue weighted by molar-refractivity contribution is 5.95. The second-order valence-electron chi connectivity index (χ2n) is 6.31. The third-order valence-corrected chi connectivity index (χ3v) is 4.52. The lowest BCUT2D eigenvalue weighted by Gasteiger charge is -2.31. The maximum Gasteiger partial charge on any atom is 0.255 e. The third kappa shape index (κ3) is 3.33. The van der Waals surface area contributed by atoms with E-state index in [0.29, 0.717) is 24.8 Å². The van der Waals surface area contributed by atoms with Crippen molar-refractivity contribution in [3.8, 4) is 5.88 Å². The van der Waals surface area contributed by atoms with Gasteiger partial charge in [-0.1, -0.05) is 6.07 Å². The van der Waals surface area contributed by atoms with Crippen LogP contribution in [0.4, 0.5) is 0 Å². The van der Waals surface area contributed by atoms with E-state index in [4.69, 9.17) is 4.74 Å². The summed E-state index contributed by atoms with van der Waals surface area (Å²) in [5, 5.41) is 0. The van der Waals surface area contributed by atoms with Crippen molar-refractivity contribution in [3.05, 3.63) is 60.3 Å². The van der Waals surface area contributed by atoms with E-state index < -0.39 is 0 Å². The molecule has 4 heterocycles. The van der Waals surface area contributed by atoms with Crippen LogP contribution in [0.1, 0.15) is 29.0 Å². The fourth-order valence-electron chi connectivity index (χ4n) is 3.20.